The van der Waals surface area contributed by atoms with Gasteiger partial charge in [-0.05, 0) is 45.2 Å². The summed E-state index contributed by atoms with van der Waals surface area (Å²) in [7, 11) is 0. The van der Waals surface area contributed by atoms with Gasteiger partial charge in [0.25, 0.3) is 0 Å². The summed E-state index contributed by atoms with van der Waals surface area (Å²) < 4.78 is 5.23. The van der Waals surface area contributed by atoms with Crippen LogP contribution in [0.1, 0.15) is 39.2 Å². The van der Waals surface area contributed by atoms with E-state index in [1.165, 1.54) is 0 Å². The second-order valence-electron chi connectivity index (χ2n) is 6.31. The van der Waals surface area contributed by atoms with Crippen molar-refractivity contribution in [3.63, 3.8) is 0 Å². The van der Waals surface area contributed by atoms with E-state index in [0.29, 0.717) is 12.2 Å². The number of rotatable bonds is 3. The van der Waals surface area contributed by atoms with Gasteiger partial charge in [0.15, 0.2) is 0 Å². The van der Waals surface area contributed by atoms with Gasteiger partial charge in [0.2, 0.25) is 0 Å². The van der Waals surface area contributed by atoms with Crippen LogP contribution in [0.15, 0.2) is 18.2 Å². The normalized spacial score (nSPS) is 16.6. The predicted molar refractivity (Wildman–Crippen MR) is 77.9 cm³/mol. The molecule has 1 amide bonds. The minimum absolute atomic E-state index is 0.0353. The lowest BCUT2D eigenvalue weighted by atomic mass is 9.94. The summed E-state index contributed by atoms with van der Waals surface area (Å²) in [5.41, 5.74) is 6.41. The smallest absolute Gasteiger partial charge is 0.412 e. The maximum absolute atomic E-state index is 11.9. The Morgan fingerprint density at radius 1 is 1.45 bits per heavy atom. The lowest BCUT2D eigenvalue weighted by molar-refractivity contribution is 0.0635. The molecular weight excluding hydrogens is 256 g/mol. The summed E-state index contributed by atoms with van der Waals surface area (Å²) in [6, 6.07) is 5.20. The van der Waals surface area contributed by atoms with E-state index in [1.54, 1.807) is 32.9 Å². The van der Waals surface area contributed by atoms with Gasteiger partial charge in [-0.1, -0.05) is 12.1 Å². The van der Waals surface area contributed by atoms with Gasteiger partial charge >= 0.3 is 6.09 Å². The van der Waals surface area contributed by atoms with Gasteiger partial charge in [-0.3, -0.25) is 5.32 Å². The number of benzene rings is 1. The van der Waals surface area contributed by atoms with Crippen molar-refractivity contribution in [2.75, 3.05) is 11.9 Å². The maximum Gasteiger partial charge on any atom is 0.412 e. The summed E-state index contributed by atoms with van der Waals surface area (Å²) in [5, 5.41) is 12.7. The molecule has 0 aliphatic heterocycles. The maximum atomic E-state index is 11.9. The lowest BCUT2D eigenvalue weighted by Crippen LogP contribution is -2.28. The van der Waals surface area contributed by atoms with Crippen LogP contribution in [0.5, 0.6) is 5.75 Å². The predicted octanol–water partition coefficient (Wildman–Crippen LogP) is 2.73. The van der Waals surface area contributed by atoms with Gasteiger partial charge in [-0.2, -0.15) is 0 Å². The molecular formula is C15H22N2O3. The van der Waals surface area contributed by atoms with Crippen LogP contribution in [-0.2, 0) is 10.2 Å². The highest BCUT2D eigenvalue weighted by Crippen LogP contribution is 2.51. The van der Waals surface area contributed by atoms with E-state index in [1.807, 2.05) is 6.07 Å². The summed E-state index contributed by atoms with van der Waals surface area (Å²) >= 11 is 0. The molecule has 1 aliphatic carbocycles. The zero-order valence-electron chi connectivity index (χ0n) is 12.2. The summed E-state index contributed by atoms with van der Waals surface area (Å²) in [5.74, 6) is 0.0353. The number of aromatic hydroxyl groups is 1. The molecule has 1 aliphatic rings. The van der Waals surface area contributed by atoms with Crippen molar-refractivity contribution < 1.29 is 14.6 Å². The fraction of sp³-hybridized carbons (Fsp3) is 0.533. The van der Waals surface area contributed by atoms with Crippen LogP contribution in [0.25, 0.3) is 0 Å². The first-order valence-corrected chi connectivity index (χ1v) is 6.80. The van der Waals surface area contributed by atoms with Crippen LogP contribution in [0.2, 0.25) is 0 Å². The van der Waals surface area contributed by atoms with Gasteiger partial charge in [0.05, 0.1) is 5.69 Å². The molecule has 0 bridgehead atoms. The number of carbonyl (C=O) groups is 1. The number of nitrogens with one attached hydrogen (secondary N) is 1. The van der Waals surface area contributed by atoms with Crippen LogP contribution in [-0.4, -0.2) is 23.3 Å². The molecule has 0 aromatic heterocycles. The molecule has 1 fully saturated rings. The minimum Gasteiger partial charge on any atom is -0.506 e. The molecule has 0 spiro atoms. The second-order valence-corrected chi connectivity index (χ2v) is 6.31. The largest absolute Gasteiger partial charge is 0.506 e. The molecule has 1 saturated carbocycles. The van der Waals surface area contributed by atoms with E-state index in [0.717, 1.165) is 18.4 Å². The third kappa shape index (κ3) is 3.04. The van der Waals surface area contributed by atoms with Crippen molar-refractivity contribution in [1.29, 1.82) is 0 Å². The monoisotopic (exact) mass is 278 g/mol. The number of carbonyl (C=O) groups excluding carboxylic acids is 1. The van der Waals surface area contributed by atoms with Gasteiger partial charge in [-0.15, -0.1) is 0 Å². The van der Waals surface area contributed by atoms with Crippen LogP contribution in [0.3, 0.4) is 0 Å². The number of para-hydroxylation sites is 1. The highest BCUT2D eigenvalue weighted by atomic mass is 16.6. The topological polar surface area (TPSA) is 84.6 Å². The fourth-order valence-electron chi connectivity index (χ4n) is 2.25. The molecule has 0 atom stereocenters. The third-order valence-electron chi connectivity index (χ3n) is 3.48. The van der Waals surface area contributed by atoms with Crippen molar-refractivity contribution in [2.45, 2.75) is 44.6 Å². The highest BCUT2D eigenvalue weighted by Gasteiger charge is 2.45. The molecule has 4 N–H and O–H groups in total. The number of hydrogen-bond acceptors (Lipinski definition) is 4. The Balaban J connectivity index is 2.25. The number of ether oxygens (including phenoxy) is 1. The molecule has 2 rings (SSSR count). The van der Waals surface area contributed by atoms with E-state index < -0.39 is 11.7 Å². The standard InChI is InChI=1S/C15H22N2O3/c1-14(2,3)20-13(19)17-12-10(5-4-6-11(12)18)15(9-16)7-8-15/h4-6,18H,7-9,16H2,1-3H3,(H,17,19). The Hall–Kier alpha value is -1.75. The van der Waals surface area contributed by atoms with Crippen LogP contribution >= 0.6 is 0 Å². The van der Waals surface area contributed by atoms with Crippen LogP contribution < -0.4 is 11.1 Å². The first-order valence-electron chi connectivity index (χ1n) is 6.80. The summed E-state index contributed by atoms with van der Waals surface area (Å²) in [4.78, 5) is 11.9. The first kappa shape index (κ1) is 14.7. The molecule has 0 saturated heterocycles. The molecule has 0 heterocycles. The number of phenols is 1. The third-order valence-corrected chi connectivity index (χ3v) is 3.48. The van der Waals surface area contributed by atoms with Crippen molar-refractivity contribution in [3.05, 3.63) is 23.8 Å². The highest BCUT2D eigenvalue weighted by molar-refractivity contribution is 5.88. The van der Waals surface area contributed by atoms with E-state index in [9.17, 15) is 9.90 Å². The molecule has 20 heavy (non-hydrogen) atoms. The van der Waals surface area contributed by atoms with Crippen LogP contribution in [0.4, 0.5) is 10.5 Å². The average Bonchev–Trinajstić information content (AvgIpc) is 3.10. The Morgan fingerprint density at radius 3 is 2.60 bits per heavy atom. The number of hydrogen-bond donors (Lipinski definition) is 3. The molecule has 5 nitrogen and oxygen atoms in total. The second kappa shape index (κ2) is 4.98. The van der Waals surface area contributed by atoms with E-state index in [-0.39, 0.29) is 11.2 Å². The molecule has 5 heteroatoms. The summed E-state index contributed by atoms with van der Waals surface area (Å²) in [6.07, 6.45) is 1.36. The number of anilines is 1. The first-order chi connectivity index (χ1) is 9.27. The quantitative estimate of drug-likeness (QED) is 0.742. The van der Waals surface area contributed by atoms with Gasteiger partial charge < -0.3 is 15.6 Å². The minimum atomic E-state index is -0.584. The van der Waals surface area contributed by atoms with Crippen LogP contribution in [0, 0.1) is 0 Å². The Bertz CT molecular complexity index is 516. The Labute approximate surface area is 119 Å². The van der Waals surface area contributed by atoms with Gasteiger partial charge in [0.1, 0.15) is 11.4 Å². The van der Waals surface area contributed by atoms with E-state index in [2.05, 4.69) is 5.32 Å². The van der Waals surface area contributed by atoms with Crippen molar-refractivity contribution >= 4 is 11.8 Å². The number of nitrogens with two attached hydrogens (primary N) is 1. The lowest BCUT2D eigenvalue weighted by Gasteiger charge is -2.22. The average molecular weight is 278 g/mol. The zero-order valence-corrected chi connectivity index (χ0v) is 12.2. The molecule has 0 unspecified atom stereocenters. The molecule has 1 aromatic carbocycles. The number of amides is 1. The molecule has 0 radical (unpaired) electrons. The SMILES string of the molecule is CC(C)(C)OC(=O)Nc1c(O)cccc1C1(CN)CC1. The molecule has 1 aromatic rings. The van der Waals surface area contributed by atoms with E-state index >= 15 is 0 Å². The molecule has 110 valence electrons. The number of phenolic OH excluding ortho intramolecular Hbond substituents is 1. The fourth-order valence-corrected chi connectivity index (χ4v) is 2.25. The van der Waals surface area contributed by atoms with E-state index in [4.69, 9.17) is 10.5 Å². The van der Waals surface area contributed by atoms with Crippen molar-refractivity contribution in [3.8, 4) is 5.75 Å². The van der Waals surface area contributed by atoms with Gasteiger partial charge in [0, 0.05) is 12.0 Å². The van der Waals surface area contributed by atoms with Gasteiger partial charge in [-0.25, -0.2) is 4.79 Å². The van der Waals surface area contributed by atoms with Crippen molar-refractivity contribution in [1.82, 2.24) is 0 Å². The van der Waals surface area contributed by atoms with Crippen molar-refractivity contribution in [2.24, 2.45) is 5.73 Å². The Morgan fingerprint density at radius 2 is 2.10 bits per heavy atom. The summed E-state index contributed by atoms with van der Waals surface area (Å²) in [6.45, 7) is 5.88. The zero-order chi connectivity index (χ0) is 15.0. The Kier molecular flexibility index (Phi) is 3.65.